The molecule has 20 heavy (non-hydrogen) atoms. The molecule has 0 saturated carbocycles. The van der Waals surface area contributed by atoms with Gasteiger partial charge in [0.1, 0.15) is 10.7 Å². The van der Waals surface area contributed by atoms with Crippen LogP contribution in [0.1, 0.15) is 6.42 Å². The van der Waals surface area contributed by atoms with Gasteiger partial charge in [0, 0.05) is 27.1 Å². The Morgan fingerprint density at radius 3 is 2.60 bits per heavy atom. The van der Waals surface area contributed by atoms with Gasteiger partial charge >= 0.3 is 0 Å². The Kier molecular flexibility index (Phi) is 5.49. The van der Waals surface area contributed by atoms with Gasteiger partial charge in [-0.2, -0.15) is 0 Å². The van der Waals surface area contributed by atoms with Crippen molar-refractivity contribution in [2.75, 3.05) is 26.4 Å². The number of nitrogens with two attached hydrogens (primary N) is 1. The number of benzene rings is 1. The summed E-state index contributed by atoms with van der Waals surface area (Å²) in [7, 11) is -0.743. The highest BCUT2D eigenvalue weighted by atomic mass is 79.9. The molecule has 0 atom stereocenters. The van der Waals surface area contributed by atoms with Crippen molar-refractivity contribution in [2.24, 2.45) is 0 Å². The summed E-state index contributed by atoms with van der Waals surface area (Å²) >= 11 is 2.90. The molecule has 0 aliphatic carbocycles. The van der Waals surface area contributed by atoms with Gasteiger partial charge < -0.3 is 10.6 Å². The van der Waals surface area contributed by atoms with Gasteiger partial charge in [0.25, 0.3) is 0 Å². The van der Waals surface area contributed by atoms with E-state index in [1.165, 1.54) is 4.90 Å². The predicted octanol–water partition coefficient (Wildman–Crippen LogP) is 0.927. The Balaban J connectivity index is 2.85. The Hall–Kier alpha value is -1.19. The molecule has 6 nitrogen and oxygen atoms in total. The van der Waals surface area contributed by atoms with E-state index in [2.05, 4.69) is 20.7 Å². The Morgan fingerprint density at radius 2 is 2.05 bits per heavy atom. The van der Waals surface area contributed by atoms with Crippen molar-refractivity contribution in [3.63, 3.8) is 0 Å². The van der Waals surface area contributed by atoms with Crippen LogP contribution in [0.3, 0.4) is 0 Å². The summed E-state index contributed by atoms with van der Waals surface area (Å²) in [5.41, 5.74) is 5.30. The number of anilines is 1. The zero-order valence-corrected chi connectivity index (χ0v) is 13.4. The number of hydrogen-bond donors (Lipinski definition) is 2. The summed E-state index contributed by atoms with van der Waals surface area (Å²) < 4.78 is 39.5. The maximum absolute atomic E-state index is 13.2. The molecule has 0 aromatic heterocycles. The molecule has 3 N–H and O–H groups in total. The third kappa shape index (κ3) is 4.15. The number of carbonyl (C=O) groups excluding carboxylic acids is 1. The minimum atomic E-state index is -3.89. The molecule has 0 unspecified atom stereocenters. The molecule has 1 rings (SSSR count). The number of nitrogens with zero attached hydrogens (tertiary/aromatic N) is 1. The normalized spacial score (nSPS) is 11.4. The van der Waals surface area contributed by atoms with Gasteiger partial charge in [-0.05, 0) is 28.1 Å². The van der Waals surface area contributed by atoms with Crippen molar-refractivity contribution in [3.8, 4) is 0 Å². The lowest BCUT2D eigenvalue weighted by atomic mass is 10.3. The van der Waals surface area contributed by atoms with E-state index >= 15 is 0 Å². The molecule has 1 amide bonds. The molecule has 9 heteroatoms. The molecule has 0 fully saturated rings. The fourth-order valence-corrected chi connectivity index (χ4v) is 3.03. The topological polar surface area (TPSA) is 92.5 Å². The first-order chi connectivity index (χ1) is 9.15. The maximum atomic E-state index is 13.2. The molecule has 1 aromatic carbocycles. The van der Waals surface area contributed by atoms with Gasteiger partial charge in [-0.3, -0.25) is 4.79 Å². The van der Waals surface area contributed by atoms with Gasteiger partial charge in [-0.15, -0.1) is 0 Å². The quantitative estimate of drug-likeness (QED) is 0.757. The number of amides is 1. The van der Waals surface area contributed by atoms with E-state index in [1.807, 2.05) is 0 Å². The van der Waals surface area contributed by atoms with Crippen LogP contribution in [0.2, 0.25) is 0 Å². The van der Waals surface area contributed by atoms with Gasteiger partial charge in [0.05, 0.1) is 10.2 Å². The van der Waals surface area contributed by atoms with E-state index in [1.54, 1.807) is 14.1 Å². The second-order valence-corrected chi connectivity index (χ2v) is 6.83. The van der Waals surface area contributed by atoms with Crippen LogP contribution in [-0.2, 0) is 14.8 Å². The van der Waals surface area contributed by atoms with Crippen molar-refractivity contribution in [3.05, 3.63) is 22.4 Å². The minimum Gasteiger partial charge on any atom is -0.398 e. The number of hydrogen-bond acceptors (Lipinski definition) is 4. The smallest absolute Gasteiger partial charge is 0.242 e. The highest BCUT2D eigenvalue weighted by molar-refractivity contribution is 9.10. The lowest BCUT2D eigenvalue weighted by molar-refractivity contribution is -0.128. The second-order valence-electron chi connectivity index (χ2n) is 4.24. The van der Waals surface area contributed by atoms with Crippen LogP contribution < -0.4 is 10.5 Å². The van der Waals surface area contributed by atoms with Gasteiger partial charge in [-0.1, -0.05) is 0 Å². The van der Waals surface area contributed by atoms with Gasteiger partial charge in [0.2, 0.25) is 15.9 Å². The van der Waals surface area contributed by atoms with Crippen LogP contribution in [0.15, 0.2) is 21.5 Å². The monoisotopic (exact) mass is 367 g/mol. The third-order valence-corrected chi connectivity index (χ3v) is 4.60. The first kappa shape index (κ1) is 16.9. The molecule has 0 saturated heterocycles. The van der Waals surface area contributed by atoms with Crippen LogP contribution in [0.5, 0.6) is 0 Å². The minimum absolute atomic E-state index is 0.00329. The molecule has 0 spiro atoms. The number of nitrogen functional groups attached to an aromatic ring is 1. The highest BCUT2D eigenvalue weighted by Crippen LogP contribution is 2.25. The fourth-order valence-electron chi connectivity index (χ4n) is 1.37. The Bertz CT molecular complexity index is 620. The van der Waals surface area contributed by atoms with E-state index in [0.717, 1.165) is 12.1 Å². The first-order valence-electron chi connectivity index (χ1n) is 5.59. The molecular weight excluding hydrogens is 353 g/mol. The van der Waals surface area contributed by atoms with Gasteiger partial charge in [-0.25, -0.2) is 17.5 Å². The summed E-state index contributed by atoms with van der Waals surface area (Å²) in [6.45, 7) is -0.0617. The molecule has 0 aliphatic rings. The predicted molar refractivity (Wildman–Crippen MR) is 77.0 cm³/mol. The molecule has 1 aromatic rings. The lowest BCUT2D eigenvalue weighted by Gasteiger charge is -2.12. The molecule has 0 radical (unpaired) electrons. The average molecular weight is 368 g/mol. The number of halogens is 2. The van der Waals surface area contributed by atoms with Crippen molar-refractivity contribution in [2.45, 2.75) is 11.3 Å². The number of sulfonamides is 1. The zero-order valence-electron chi connectivity index (χ0n) is 11.0. The lowest BCUT2D eigenvalue weighted by Crippen LogP contribution is -2.30. The summed E-state index contributed by atoms with van der Waals surface area (Å²) in [5.74, 6) is -0.856. The Morgan fingerprint density at radius 1 is 1.45 bits per heavy atom. The van der Waals surface area contributed by atoms with E-state index in [-0.39, 0.29) is 33.9 Å². The molecule has 0 heterocycles. The van der Waals surface area contributed by atoms with E-state index in [9.17, 15) is 17.6 Å². The SMILES string of the molecule is CN(C)C(=O)CCNS(=O)(=O)c1cc(Br)c(F)cc1N. The second kappa shape index (κ2) is 6.51. The Labute approximate surface area is 125 Å². The molecule has 0 aliphatic heterocycles. The molecular formula is C11H15BrFN3O3S. The van der Waals surface area contributed by atoms with E-state index < -0.39 is 15.8 Å². The van der Waals surface area contributed by atoms with Crippen molar-refractivity contribution >= 4 is 37.5 Å². The van der Waals surface area contributed by atoms with Crippen molar-refractivity contribution in [1.82, 2.24) is 9.62 Å². The first-order valence-corrected chi connectivity index (χ1v) is 7.87. The fraction of sp³-hybridized carbons (Fsp3) is 0.364. The number of nitrogens with one attached hydrogen (secondary N) is 1. The largest absolute Gasteiger partial charge is 0.398 e. The zero-order chi connectivity index (χ0) is 15.5. The maximum Gasteiger partial charge on any atom is 0.242 e. The van der Waals surface area contributed by atoms with Crippen LogP contribution in [0.25, 0.3) is 0 Å². The molecule has 112 valence electrons. The summed E-state index contributed by atoms with van der Waals surface area (Å²) in [6, 6.07) is 2.00. The van der Waals surface area contributed by atoms with E-state index in [4.69, 9.17) is 5.73 Å². The van der Waals surface area contributed by atoms with E-state index in [0.29, 0.717) is 0 Å². The number of carbonyl (C=O) groups is 1. The third-order valence-electron chi connectivity index (χ3n) is 2.47. The van der Waals surface area contributed by atoms with Crippen LogP contribution in [0, 0.1) is 5.82 Å². The van der Waals surface area contributed by atoms with Crippen molar-refractivity contribution < 1.29 is 17.6 Å². The standard InChI is InChI=1S/C11H15BrFN3O3S/c1-16(2)11(17)3-4-15-20(18,19)10-5-7(12)8(13)6-9(10)14/h5-6,15H,3-4,14H2,1-2H3. The average Bonchev–Trinajstić information content (AvgIpc) is 2.33. The summed E-state index contributed by atoms with van der Waals surface area (Å²) in [6.07, 6.45) is 0.0223. The van der Waals surface area contributed by atoms with Crippen LogP contribution in [0.4, 0.5) is 10.1 Å². The number of rotatable bonds is 5. The van der Waals surface area contributed by atoms with Crippen molar-refractivity contribution in [1.29, 1.82) is 0 Å². The summed E-state index contributed by atoms with van der Waals surface area (Å²) in [4.78, 5) is 12.5. The van der Waals surface area contributed by atoms with Crippen LogP contribution >= 0.6 is 15.9 Å². The molecule has 0 bridgehead atoms. The van der Waals surface area contributed by atoms with Crippen LogP contribution in [-0.4, -0.2) is 39.9 Å². The highest BCUT2D eigenvalue weighted by Gasteiger charge is 2.19. The van der Waals surface area contributed by atoms with Gasteiger partial charge in [0.15, 0.2) is 0 Å². The summed E-state index contributed by atoms with van der Waals surface area (Å²) in [5, 5.41) is 0.